The number of rotatable bonds is 6. The normalized spacial score (nSPS) is 23.2. The lowest BCUT2D eigenvalue weighted by atomic mass is 9.93. The van der Waals surface area contributed by atoms with Crippen LogP contribution in [0.4, 0.5) is 0 Å². The van der Waals surface area contributed by atoms with Crippen LogP contribution in [0.5, 0.6) is 0 Å². The molecule has 2 fully saturated rings. The number of likely N-dealkylation sites (tertiary alicyclic amines) is 1. The Balaban J connectivity index is 1.48. The van der Waals surface area contributed by atoms with Crippen molar-refractivity contribution >= 4 is 5.91 Å². The van der Waals surface area contributed by atoms with Crippen LogP contribution in [0.25, 0.3) is 0 Å². The van der Waals surface area contributed by atoms with Gasteiger partial charge in [-0.2, -0.15) is 5.10 Å². The van der Waals surface area contributed by atoms with Crippen LogP contribution in [-0.4, -0.2) is 51.9 Å². The number of carbonyl (C=O) groups is 1. The van der Waals surface area contributed by atoms with Gasteiger partial charge in [-0.15, -0.1) is 0 Å². The first-order valence-electron chi connectivity index (χ1n) is 8.98. The topological polar surface area (TPSA) is 60.2 Å². The number of hydrogen-bond donors (Lipinski definition) is 0. The molecule has 6 nitrogen and oxygen atoms in total. The van der Waals surface area contributed by atoms with Crippen molar-refractivity contribution in [3.8, 4) is 0 Å². The van der Waals surface area contributed by atoms with Crippen LogP contribution in [0.15, 0.2) is 36.7 Å². The molecule has 1 saturated heterocycles. The number of nitrogens with zero attached hydrogens (tertiary/aromatic N) is 4. The molecule has 2 aliphatic rings. The molecule has 6 heteroatoms. The van der Waals surface area contributed by atoms with Gasteiger partial charge in [-0.3, -0.25) is 14.5 Å². The predicted molar refractivity (Wildman–Crippen MR) is 93.1 cm³/mol. The van der Waals surface area contributed by atoms with Crippen LogP contribution in [0, 0.1) is 11.8 Å². The molecule has 1 aliphatic carbocycles. The molecule has 2 atom stereocenters. The first kappa shape index (κ1) is 16.3. The van der Waals surface area contributed by atoms with Gasteiger partial charge in [0.1, 0.15) is 5.69 Å². The van der Waals surface area contributed by atoms with Gasteiger partial charge in [0.05, 0.1) is 6.61 Å². The average molecular weight is 340 g/mol. The number of aromatic nitrogens is 3. The van der Waals surface area contributed by atoms with Gasteiger partial charge in [0.2, 0.25) is 0 Å². The molecule has 1 saturated carbocycles. The number of hydrogen-bond acceptors (Lipinski definition) is 4. The number of ether oxygens (including phenoxy) is 1. The Morgan fingerprint density at radius 2 is 2.08 bits per heavy atom. The highest BCUT2D eigenvalue weighted by molar-refractivity contribution is 5.92. The quantitative estimate of drug-likeness (QED) is 0.808. The van der Waals surface area contributed by atoms with Gasteiger partial charge >= 0.3 is 0 Å². The number of carbonyl (C=O) groups excluding carboxylic acids is 1. The molecule has 0 N–H and O–H groups in total. The maximum Gasteiger partial charge on any atom is 0.272 e. The second-order valence-corrected chi connectivity index (χ2v) is 7.15. The zero-order valence-corrected chi connectivity index (χ0v) is 14.5. The van der Waals surface area contributed by atoms with E-state index in [2.05, 4.69) is 16.1 Å². The molecule has 0 bridgehead atoms. The highest BCUT2D eigenvalue weighted by Gasteiger charge is 2.38. The largest absolute Gasteiger partial charge is 0.381 e. The van der Waals surface area contributed by atoms with Gasteiger partial charge in [-0.25, -0.2) is 0 Å². The van der Waals surface area contributed by atoms with Crippen LogP contribution >= 0.6 is 0 Å². The van der Waals surface area contributed by atoms with Crippen molar-refractivity contribution in [2.24, 2.45) is 18.9 Å². The Morgan fingerprint density at radius 1 is 1.20 bits per heavy atom. The van der Waals surface area contributed by atoms with Crippen LogP contribution in [-0.2, 0) is 11.8 Å². The zero-order valence-electron chi connectivity index (χ0n) is 14.5. The second kappa shape index (κ2) is 6.96. The second-order valence-electron chi connectivity index (χ2n) is 7.15. The maximum atomic E-state index is 12.8. The summed E-state index contributed by atoms with van der Waals surface area (Å²) in [6, 6.07) is 7.76. The third-order valence-corrected chi connectivity index (χ3v) is 5.22. The summed E-state index contributed by atoms with van der Waals surface area (Å²) in [6.07, 6.45) is 6.07. The maximum absolute atomic E-state index is 12.8. The minimum atomic E-state index is 0.0330. The van der Waals surface area contributed by atoms with Crippen molar-refractivity contribution in [2.45, 2.75) is 18.8 Å². The SMILES string of the molecule is Cn1nccc1C(=O)N1C[C@@H](COCC2CC2)[C@H](c2ccccn2)C1. The zero-order chi connectivity index (χ0) is 17.2. The summed E-state index contributed by atoms with van der Waals surface area (Å²) in [5.41, 5.74) is 1.67. The van der Waals surface area contributed by atoms with E-state index >= 15 is 0 Å². The summed E-state index contributed by atoms with van der Waals surface area (Å²) in [4.78, 5) is 19.3. The van der Waals surface area contributed by atoms with E-state index in [-0.39, 0.29) is 17.7 Å². The first-order valence-corrected chi connectivity index (χ1v) is 8.98. The summed E-state index contributed by atoms with van der Waals surface area (Å²) in [7, 11) is 1.80. The average Bonchev–Trinajstić information content (AvgIpc) is 3.20. The Morgan fingerprint density at radius 3 is 2.76 bits per heavy atom. The monoisotopic (exact) mass is 340 g/mol. The lowest BCUT2D eigenvalue weighted by Crippen LogP contribution is -2.31. The molecule has 3 heterocycles. The van der Waals surface area contributed by atoms with E-state index < -0.39 is 0 Å². The van der Waals surface area contributed by atoms with Crippen LogP contribution in [0.2, 0.25) is 0 Å². The molecule has 2 aromatic rings. The van der Waals surface area contributed by atoms with Crippen LogP contribution in [0.3, 0.4) is 0 Å². The van der Waals surface area contributed by atoms with E-state index in [1.165, 1.54) is 12.8 Å². The molecule has 132 valence electrons. The highest BCUT2D eigenvalue weighted by Crippen LogP contribution is 2.34. The molecule has 0 spiro atoms. The standard InChI is InChI=1S/C19H24N4O2/c1-22-18(7-9-21-22)19(24)23-10-15(13-25-12-14-5-6-14)16(11-23)17-4-2-3-8-20-17/h2-4,7-9,14-16H,5-6,10-13H2,1H3/t15-,16+/m0/s1. The lowest BCUT2D eigenvalue weighted by Gasteiger charge is -2.17. The van der Waals surface area contributed by atoms with Gasteiger partial charge < -0.3 is 9.64 Å². The van der Waals surface area contributed by atoms with E-state index in [1.807, 2.05) is 23.2 Å². The Bertz CT molecular complexity index is 726. The third kappa shape index (κ3) is 3.58. The van der Waals surface area contributed by atoms with Gasteiger partial charge in [0.25, 0.3) is 5.91 Å². The molecule has 4 rings (SSSR count). The fourth-order valence-corrected chi connectivity index (χ4v) is 3.55. The molecule has 1 aliphatic heterocycles. The van der Waals surface area contributed by atoms with Crippen molar-refractivity contribution in [1.29, 1.82) is 0 Å². The van der Waals surface area contributed by atoms with Gasteiger partial charge in [-0.05, 0) is 37.0 Å². The summed E-state index contributed by atoms with van der Waals surface area (Å²) in [6.45, 7) is 2.92. The van der Waals surface area contributed by atoms with E-state index in [9.17, 15) is 4.79 Å². The summed E-state index contributed by atoms with van der Waals surface area (Å²) < 4.78 is 7.59. The van der Waals surface area contributed by atoms with Crippen molar-refractivity contribution in [3.63, 3.8) is 0 Å². The van der Waals surface area contributed by atoms with Gasteiger partial charge in [-0.1, -0.05) is 6.07 Å². The van der Waals surface area contributed by atoms with Gasteiger partial charge in [0, 0.05) is 56.7 Å². The minimum Gasteiger partial charge on any atom is -0.381 e. The fraction of sp³-hybridized carbons (Fsp3) is 0.526. The molecule has 1 amide bonds. The number of aryl methyl sites for hydroxylation is 1. The molecule has 0 radical (unpaired) electrons. The van der Waals surface area contributed by atoms with Crippen molar-refractivity contribution in [1.82, 2.24) is 19.7 Å². The third-order valence-electron chi connectivity index (χ3n) is 5.22. The number of pyridine rings is 1. The molecular formula is C19H24N4O2. The highest BCUT2D eigenvalue weighted by atomic mass is 16.5. The van der Waals surface area contributed by atoms with E-state index in [4.69, 9.17) is 4.74 Å². The molecule has 0 unspecified atom stereocenters. The summed E-state index contributed by atoms with van der Waals surface area (Å²) >= 11 is 0. The minimum absolute atomic E-state index is 0.0330. The summed E-state index contributed by atoms with van der Waals surface area (Å²) in [5.74, 6) is 1.29. The molecule has 25 heavy (non-hydrogen) atoms. The Kier molecular flexibility index (Phi) is 4.53. The van der Waals surface area contributed by atoms with E-state index in [0.717, 1.165) is 18.2 Å². The molecular weight excluding hydrogens is 316 g/mol. The van der Waals surface area contributed by atoms with Crippen LogP contribution in [0.1, 0.15) is 34.9 Å². The van der Waals surface area contributed by atoms with Crippen molar-refractivity contribution in [2.75, 3.05) is 26.3 Å². The van der Waals surface area contributed by atoms with Crippen molar-refractivity contribution < 1.29 is 9.53 Å². The van der Waals surface area contributed by atoms with E-state index in [0.29, 0.717) is 25.4 Å². The van der Waals surface area contributed by atoms with E-state index in [1.54, 1.807) is 24.0 Å². The first-order chi connectivity index (χ1) is 12.2. The summed E-state index contributed by atoms with van der Waals surface area (Å²) in [5, 5.41) is 4.11. The smallest absolute Gasteiger partial charge is 0.272 e. The Hall–Kier alpha value is -2.21. The Labute approximate surface area is 147 Å². The van der Waals surface area contributed by atoms with Gasteiger partial charge in [0.15, 0.2) is 0 Å². The predicted octanol–water partition coefficient (Wildman–Crippen LogP) is 2.10. The number of amides is 1. The van der Waals surface area contributed by atoms with Crippen molar-refractivity contribution in [3.05, 3.63) is 48.0 Å². The van der Waals surface area contributed by atoms with Crippen LogP contribution < -0.4 is 0 Å². The lowest BCUT2D eigenvalue weighted by molar-refractivity contribution is 0.0730. The fourth-order valence-electron chi connectivity index (χ4n) is 3.55. The molecule has 0 aromatic carbocycles. The molecule has 2 aromatic heterocycles.